The molecule has 0 unspecified atom stereocenters. The largest absolute Gasteiger partial charge is 0.497 e. The van der Waals surface area contributed by atoms with Gasteiger partial charge in [0.05, 0.1) is 18.1 Å². The summed E-state index contributed by atoms with van der Waals surface area (Å²) >= 11 is 0. The Balaban J connectivity index is 1.44. The average Bonchev–Trinajstić information content (AvgIpc) is 3.04. The highest BCUT2D eigenvalue weighted by Gasteiger charge is 2.10. The summed E-state index contributed by atoms with van der Waals surface area (Å²) in [5.41, 5.74) is 4.11. The highest BCUT2D eigenvalue weighted by molar-refractivity contribution is 5.79. The molecule has 0 fully saturated rings. The Kier molecular flexibility index (Phi) is 5.29. The number of ether oxygens (including phenoxy) is 1. The lowest BCUT2D eigenvalue weighted by atomic mass is 10.1. The van der Waals surface area contributed by atoms with Crippen molar-refractivity contribution in [1.29, 1.82) is 0 Å². The van der Waals surface area contributed by atoms with Crippen LogP contribution in [-0.4, -0.2) is 33.2 Å². The molecule has 0 aliphatic heterocycles. The maximum atomic E-state index is 5.20. The first-order valence-electron chi connectivity index (χ1n) is 9.53. The summed E-state index contributed by atoms with van der Waals surface area (Å²) in [5.74, 6) is 2.88. The maximum Gasteiger partial charge on any atom is 0.231 e. The number of hydrogen-bond acceptors (Lipinski definition) is 6. The molecule has 2 N–H and O–H groups in total. The minimum Gasteiger partial charge on any atom is -0.497 e. The van der Waals surface area contributed by atoms with E-state index >= 15 is 0 Å². The van der Waals surface area contributed by atoms with E-state index in [4.69, 9.17) is 4.74 Å². The van der Waals surface area contributed by atoms with Crippen molar-refractivity contribution < 1.29 is 4.74 Å². The molecule has 0 radical (unpaired) electrons. The van der Waals surface area contributed by atoms with E-state index < -0.39 is 0 Å². The molecule has 0 aliphatic rings. The van der Waals surface area contributed by atoms with Crippen molar-refractivity contribution in [3.05, 3.63) is 65.9 Å². The second-order valence-electron chi connectivity index (χ2n) is 6.85. The molecule has 7 nitrogen and oxygen atoms in total. The summed E-state index contributed by atoms with van der Waals surface area (Å²) in [6.07, 6.45) is 0.889. The van der Waals surface area contributed by atoms with Crippen molar-refractivity contribution in [3.63, 3.8) is 0 Å². The predicted molar refractivity (Wildman–Crippen MR) is 116 cm³/mol. The number of aromatic nitrogens is 4. The van der Waals surface area contributed by atoms with Crippen LogP contribution in [0.3, 0.4) is 0 Å². The van der Waals surface area contributed by atoms with E-state index in [-0.39, 0.29) is 0 Å². The fourth-order valence-electron chi connectivity index (χ4n) is 3.20. The molecule has 2 aromatic carbocycles. The van der Waals surface area contributed by atoms with Gasteiger partial charge in [-0.15, -0.1) is 0 Å². The van der Waals surface area contributed by atoms with Crippen LogP contribution in [0, 0.1) is 6.92 Å². The highest BCUT2D eigenvalue weighted by atomic mass is 16.5. The second kappa shape index (κ2) is 8.18. The van der Waals surface area contributed by atoms with E-state index in [2.05, 4.69) is 37.7 Å². The van der Waals surface area contributed by atoms with Gasteiger partial charge in [-0.1, -0.05) is 24.3 Å². The molecular weight excluding hydrogens is 364 g/mol. The average molecular weight is 388 g/mol. The van der Waals surface area contributed by atoms with Gasteiger partial charge in [0.25, 0.3) is 0 Å². The summed E-state index contributed by atoms with van der Waals surface area (Å²) in [6, 6.07) is 18.0. The van der Waals surface area contributed by atoms with Crippen LogP contribution < -0.4 is 15.4 Å². The number of hydrogen-bond donors (Lipinski definition) is 2. The van der Waals surface area contributed by atoms with Crippen molar-refractivity contribution in [2.24, 2.45) is 7.05 Å². The van der Waals surface area contributed by atoms with Crippen molar-refractivity contribution in [1.82, 2.24) is 19.5 Å². The van der Waals surface area contributed by atoms with Crippen molar-refractivity contribution >= 4 is 28.7 Å². The van der Waals surface area contributed by atoms with Crippen LogP contribution in [0.5, 0.6) is 5.75 Å². The smallest absolute Gasteiger partial charge is 0.231 e. The molecule has 4 aromatic rings. The molecule has 2 heterocycles. The number of benzene rings is 2. The zero-order valence-electron chi connectivity index (χ0n) is 16.8. The molecule has 0 aliphatic carbocycles. The van der Waals surface area contributed by atoms with Gasteiger partial charge in [-0.3, -0.25) is 5.32 Å². The summed E-state index contributed by atoms with van der Waals surface area (Å²) in [7, 11) is 3.65. The fraction of sp³-hybridized carbons (Fsp3) is 0.227. The third-order valence-corrected chi connectivity index (χ3v) is 4.74. The number of nitrogens with one attached hydrogen (secondary N) is 2. The number of aryl methyl sites for hydroxylation is 2. The van der Waals surface area contributed by atoms with Crippen LogP contribution in [0.15, 0.2) is 54.6 Å². The zero-order chi connectivity index (χ0) is 20.2. The molecule has 4 rings (SSSR count). The van der Waals surface area contributed by atoms with E-state index in [0.29, 0.717) is 11.9 Å². The van der Waals surface area contributed by atoms with Gasteiger partial charge < -0.3 is 14.6 Å². The molecule has 0 bridgehead atoms. The highest BCUT2D eigenvalue weighted by Crippen LogP contribution is 2.21. The summed E-state index contributed by atoms with van der Waals surface area (Å²) in [4.78, 5) is 13.7. The number of methoxy groups -OCH3 is 1. The molecule has 0 atom stereocenters. The second-order valence-corrected chi connectivity index (χ2v) is 6.85. The van der Waals surface area contributed by atoms with Gasteiger partial charge in [0.15, 0.2) is 0 Å². The zero-order valence-corrected chi connectivity index (χ0v) is 16.8. The van der Waals surface area contributed by atoms with Crippen LogP contribution in [0.25, 0.3) is 11.0 Å². The van der Waals surface area contributed by atoms with Gasteiger partial charge in [0, 0.05) is 25.4 Å². The van der Waals surface area contributed by atoms with Gasteiger partial charge in [-0.05, 0) is 43.2 Å². The first kappa shape index (κ1) is 18.7. The molecule has 0 saturated heterocycles. The van der Waals surface area contributed by atoms with Crippen LogP contribution >= 0.6 is 0 Å². The van der Waals surface area contributed by atoms with Gasteiger partial charge in [-0.25, -0.2) is 9.97 Å². The van der Waals surface area contributed by atoms with Gasteiger partial charge in [0.2, 0.25) is 11.9 Å². The first-order valence-corrected chi connectivity index (χ1v) is 9.53. The lowest BCUT2D eigenvalue weighted by Crippen LogP contribution is -2.09. The Labute approximate surface area is 169 Å². The van der Waals surface area contributed by atoms with Gasteiger partial charge in [0.1, 0.15) is 11.6 Å². The van der Waals surface area contributed by atoms with Gasteiger partial charge >= 0.3 is 0 Å². The summed E-state index contributed by atoms with van der Waals surface area (Å²) in [5, 5.41) is 6.62. The molecule has 7 heteroatoms. The van der Waals surface area contributed by atoms with E-state index in [9.17, 15) is 0 Å². The fourth-order valence-corrected chi connectivity index (χ4v) is 3.20. The topological polar surface area (TPSA) is 76.9 Å². The number of imidazole rings is 1. The van der Waals surface area contributed by atoms with Crippen LogP contribution in [0.2, 0.25) is 0 Å². The number of para-hydroxylation sites is 2. The van der Waals surface area contributed by atoms with E-state index in [0.717, 1.165) is 41.3 Å². The number of rotatable bonds is 7. The summed E-state index contributed by atoms with van der Waals surface area (Å²) < 4.78 is 7.20. The SMILES string of the molecule is COc1ccc(CCNc2cc(C)nc(Nc3nc4ccccc4n3C)n2)cc1. The Morgan fingerprint density at radius 1 is 1.00 bits per heavy atom. The summed E-state index contributed by atoms with van der Waals surface area (Å²) in [6.45, 7) is 2.73. The molecule has 0 saturated carbocycles. The molecular formula is C22H24N6O. The quantitative estimate of drug-likeness (QED) is 0.497. The van der Waals surface area contributed by atoms with Crippen molar-refractivity contribution in [2.45, 2.75) is 13.3 Å². The Morgan fingerprint density at radius 3 is 2.55 bits per heavy atom. The van der Waals surface area contributed by atoms with Crippen molar-refractivity contribution in [3.8, 4) is 5.75 Å². The normalized spacial score (nSPS) is 10.9. The van der Waals surface area contributed by atoms with E-state index in [1.54, 1.807) is 7.11 Å². The van der Waals surface area contributed by atoms with Gasteiger partial charge in [-0.2, -0.15) is 4.98 Å². The van der Waals surface area contributed by atoms with Crippen molar-refractivity contribution in [2.75, 3.05) is 24.3 Å². The standard InChI is InChI=1S/C22H24N6O/c1-15-14-20(23-13-12-16-8-10-17(29-3)11-9-16)26-21(24-15)27-22-25-18-6-4-5-7-19(18)28(22)2/h4-11,14H,12-13H2,1-3H3,(H2,23,24,25,26,27). The monoisotopic (exact) mass is 388 g/mol. The number of nitrogens with zero attached hydrogens (tertiary/aromatic N) is 4. The molecule has 0 amide bonds. The maximum absolute atomic E-state index is 5.20. The minimum atomic E-state index is 0.523. The van der Waals surface area contributed by atoms with E-state index in [1.165, 1.54) is 5.56 Å². The molecule has 0 spiro atoms. The third kappa shape index (κ3) is 4.29. The first-order chi connectivity index (χ1) is 14.1. The Morgan fingerprint density at radius 2 is 1.79 bits per heavy atom. The predicted octanol–water partition coefficient (Wildman–Crippen LogP) is 4.08. The van der Waals surface area contributed by atoms with Crippen LogP contribution in [0.4, 0.5) is 17.7 Å². The lowest BCUT2D eigenvalue weighted by molar-refractivity contribution is 0.414. The lowest BCUT2D eigenvalue weighted by Gasteiger charge is -2.10. The molecule has 2 aromatic heterocycles. The molecule has 29 heavy (non-hydrogen) atoms. The van der Waals surface area contributed by atoms with Crippen LogP contribution in [-0.2, 0) is 13.5 Å². The van der Waals surface area contributed by atoms with Crippen LogP contribution in [0.1, 0.15) is 11.3 Å². The number of anilines is 3. The minimum absolute atomic E-state index is 0.523. The Bertz CT molecular complexity index is 1120. The molecule has 148 valence electrons. The third-order valence-electron chi connectivity index (χ3n) is 4.74. The number of fused-ring (bicyclic) bond motifs is 1. The Hall–Kier alpha value is -3.61. The van der Waals surface area contributed by atoms with E-state index in [1.807, 2.05) is 61.0 Å².